The monoisotopic (exact) mass is 439 g/mol. The summed E-state index contributed by atoms with van der Waals surface area (Å²) < 4.78 is 0. The molecule has 138 valence electrons. The molecule has 1 rings (SSSR count). The maximum atomic E-state index is 4.79. The number of halogens is 1. The van der Waals surface area contributed by atoms with Crippen molar-refractivity contribution in [2.24, 2.45) is 10.9 Å². The van der Waals surface area contributed by atoms with Crippen LogP contribution in [0.4, 0.5) is 0 Å². The van der Waals surface area contributed by atoms with Crippen molar-refractivity contribution in [3.8, 4) is 0 Å². The normalized spacial score (nSPS) is 20.0. The van der Waals surface area contributed by atoms with Gasteiger partial charge in [0.25, 0.3) is 0 Å². The first kappa shape index (κ1) is 22.9. The zero-order valence-corrected chi connectivity index (χ0v) is 18.3. The fourth-order valence-electron chi connectivity index (χ4n) is 2.56. The number of nitrogens with one attached hydrogen (secondary N) is 2. The first-order valence-electron chi connectivity index (χ1n) is 8.99. The van der Waals surface area contributed by atoms with Gasteiger partial charge in [0.15, 0.2) is 5.96 Å². The van der Waals surface area contributed by atoms with Crippen molar-refractivity contribution in [1.82, 2.24) is 20.4 Å². The van der Waals surface area contributed by atoms with E-state index in [1.54, 1.807) is 0 Å². The second-order valence-electron chi connectivity index (χ2n) is 6.72. The van der Waals surface area contributed by atoms with E-state index >= 15 is 0 Å². The Kier molecular flexibility index (Phi) is 12.3. The minimum absolute atomic E-state index is 0. The van der Waals surface area contributed by atoms with Crippen LogP contribution >= 0.6 is 24.0 Å². The molecule has 2 N–H and O–H groups in total. The molecule has 2 unspecified atom stereocenters. The highest BCUT2D eigenvalue weighted by atomic mass is 127. The van der Waals surface area contributed by atoms with Gasteiger partial charge < -0.3 is 15.5 Å². The molecule has 0 amide bonds. The summed E-state index contributed by atoms with van der Waals surface area (Å²) in [5.41, 5.74) is 0. The molecule has 5 nitrogen and oxygen atoms in total. The molecule has 23 heavy (non-hydrogen) atoms. The van der Waals surface area contributed by atoms with Crippen molar-refractivity contribution in [3.05, 3.63) is 0 Å². The average Bonchev–Trinajstić information content (AvgIpc) is 2.52. The molecule has 1 fully saturated rings. The second kappa shape index (κ2) is 12.3. The Morgan fingerprint density at radius 2 is 1.65 bits per heavy atom. The van der Waals surface area contributed by atoms with Gasteiger partial charge in [-0.25, -0.2) is 0 Å². The van der Waals surface area contributed by atoms with Crippen molar-refractivity contribution in [2.45, 2.75) is 53.6 Å². The number of rotatable bonds is 7. The Bertz CT molecular complexity index is 327. The molecule has 1 heterocycles. The van der Waals surface area contributed by atoms with Crippen LogP contribution in [0.25, 0.3) is 0 Å². The largest absolute Gasteiger partial charge is 0.357 e. The molecule has 0 aliphatic carbocycles. The van der Waals surface area contributed by atoms with Crippen LogP contribution < -0.4 is 10.6 Å². The van der Waals surface area contributed by atoms with E-state index < -0.39 is 0 Å². The van der Waals surface area contributed by atoms with E-state index in [4.69, 9.17) is 4.99 Å². The third-order valence-corrected chi connectivity index (χ3v) is 4.70. The highest BCUT2D eigenvalue weighted by Crippen LogP contribution is 2.06. The molecule has 2 atom stereocenters. The first-order chi connectivity index (χ1) is 10.5. The van der Waals surface area contributed by atoms with Crippen LogP contribution in [0.3, 0.4) is 0 Å². The number of likely N-dealkylation sites (N-methyl/N-ethyl adjacent to an activating group) is 1. The van der Waals surface area contributed by atoms with Gasteiger partial charge in [-0.1, -0.05) is 20.8 Å². The van der Waals surface area contributed by atoms with Crippen LogP contribution in [0.1, 0.15) is 41.5 Å². The summed E-state index contributed by atoms with van der Waals surface area (Å²) in [7, 11) is 0. The summed E-state index contributed by atoms with van der Waals surface area (Å²) in [6.07, 6.45) is 0. The molecule has 0 aromatic carbocycles. The number of hydrogen-bond donors (Lipinski definition) is 2. The minimum Gasteiger partial charge on any atom is -0.357 e. The molecule has 1 aliphatic heterocycles. The SMILES string of the molecule is CCNC(=NCC(C)N1CCN(CC)CC1)NC(C)C(C)C.I. The molecule has 0 spiro atoms. The summed E-state index contributed by atoms with van der Waals surface area (Å²) in [4.78, 5) is 9.87. The van der Waals surface area contributed by atoms with E-state index in [1.807, 2.05) is 0 Å². The summed E-state index contributed by atoms with van der Waals surface area (Å²) in [6.45, 7) is 21.0. The molecule has 1 aliphatic rings. The number of piperazine rings is 1. The van der Waals surface area contributed by atoms with E-state index in [-0.39, 0.29) is 24.0 Å². The molecule has 1 saturated heterocycles. The quantitative estimate of drug-likeness (QED) is 0.363. The Hall–Kier alpha value is -0.0800. The zero-order chi connectivity index (χ0) is 16.5. The lowest BCUT2D eigenvalue weighted by molar-refractivity contribution is 0.109. The smallest absolute Gasteiger partial charge is 0.191 e. The summed E-state index contributed by atoms with van der Waals surface area (Å²) in [5, 5.41) is 6.86. The third-order valence-electron chi connectivity index (χ3n) is 4.70. The van der Waals surface area contributed by atoms with E-state index in [1.165, 1.54) is 19.6 Å². The predicted octanol–water partition coefficient (Wildman–Crippen LogP) is 2.23. The lowest BCUT2D eigenvalue weighted by Gasteiger charge is -2.37. The Balaban J connectivity index is 0.00000484. The Labute approximate surface area is 160 Å². The number of nitrogens with zero attached hydrogens (tertiary/aromatic N) is 3. The number of hydrogen-bond acceptors (Lipinski definition) is 3. The predicted molar refractivity (Wildman–Crippen MR) is 112 cm³/mol. The average molecular weight is 439 g/mol. The van der Waals surface area contributed by atoms with Crippen molar-refractivity contribution in [3.63, 3.8) is 0 Å². The minimum atomic E-state index is 0. The van der Waals surface area contributed by atoms with Crippen LogP contribution in [0, 0.1) is 5.92 Å². The topological polar surface area (TPSA) is 42.9 Å². The molecule has 0 bridgehead atoms. The van der Waals surface area contributed by atoms with Gasteiger partial charge in [0, 0.05) is 44.8 Å². The van der Waals surface area contributed by atoms with E-state index in [9.17, 15) is 0 Å². The van der Waals surface area contributed by atoms with Gasteiger partial charge in [-0.05, 0) is 33.2 Å². The fraction of sp³-hybridized carbons (Fsp3) is 0.941. The fourth-order valence-corrected chi connectivity index (χ4v) is 2.56. The molecule has 0 radical (unpaired) electrons. The van der Waals surface area contributed by atoms with E-state index in [0.29, 0.717) is 18.0 Å². The lowest BCUT2D eigenvalue weighted by Crippen LogP contribution is -2.50. The first-order valence-corrected chi connectivity index (χ1v) is 8.99. The van der Waals surface area contributed by atoms with Crippen LogP contribution in [-0.2, 0) is 0 Å². The standard InChI is InChI=1S/C17H37N5.HI/c1-7-18-17(20-16(6)14(3)4)19-13-15(5)22-11-9-21(8-2)10-12-22;/h14-16H,7-13H2,1-6H3,(H2,18,19,20);1H. The molecular weight excluding hydrogens is 401 g/mol. The number of aliphatic imine (C=N–C) groups is 1. The van der Waals surface area contributed by atoms with Gasteiger partial charge >= 0.3 is 0 Å². The van der Waals surface area contributed by atoms with Crippen molar-refractivity contribution >= 4 is 29.9 Å². The van der Waals surface area contributed by atoms with E-state index in [2.05, 4.69) is 62.0 Å². The molecule has 6 heteroatoms. The second-order valence-corrected chi connectivity index (χ2v) is 6.72. The third kappa shape index (κ3) is 8.54. The van der Waals surface area contributed by atoms with Crippen molar-refractivity contribution in [1.29, 1.82) is 0 Å². The molecule has 0 saturated carbocycles. The Morgan fingerprint density at radius 1 is 1.04 bits per heavy atom. The maximum Gasteiger partial charge on any atom is 0.191 e. The zero-order valence-electron chi connectivity index (χ0n) is 15.9. The van der Waals surface area contributed by atoms with Crippen molar-refractivity contribution in [2.75, 3.05) is 45.8 Å². The summed E-state index contributed by atoms with van der Waals surface area (Å²) >= 11 is 0. The maximum absolute atomic E-state index is 4.79. The molecular formula is C17H38IN5. The van der Waals surface area contributed by atoms with Crippen LogP contribution in [0.15, 0.2) is 4.99 Å². The van der Waals surface area contributed by atoms with Crippen LogP contribution in [0.5, 0.6) is 0 Å². The van der Waals surface area contributed by atoms with Crippen LogP contribution in [-0.4, -0.2) is 73.7 Å². The van der Waals surface area contributed by atoms with Gasteiger partial charge in [0.05, 0.1) is 6.54 Å². The van der Waals surface area contributed by atoms with E-state index in [0.717, 1.165) is 32.1 Å². The number of guanidine groups is 1. The van der Waals surface area contributed by atoms with Gasteiger partial charge in [0.2, 0.25) is 0 Å². The van der Waals surface area contributed by atoms with Gasteiger partial charge in [-0.2, -0.15) is 0 Å². The molecule has 0 aromatic heterocycles. The molecule has 0 aromatic rings. The highest BCUT2D eigenvalue weighted by Gasteiger charge is 2.20. The Morgan fingerprint density at radius 3 is 2.13 bits per heavy atom. The van der Waals surface area contributed by atoms with Gasteiger partial charge in [0.1, 0.15) is 0 Å². The van der Waals surface area contributed by atoms with Crippen LogP contribution in [0.2, 0.25) is 0 Å². The summed E-state index contributed by atoms with van der Waals surface area (Å²) in [5.74, 6) is 1.55. The summed E-state index contributed by atoms with van der Waals surface area (Å²) in [6, 6.07) is 0.935. The van der Waals surface area contributed by atoms with Gasteiger partial charge in [-0.3, -0.25) is 9.89 Å². The lowest BCUT2D eigenvalue weighted by atomic mass is 10.1. The van der Waals surface area contributed by atoms with Crippen molar-refractivity contribution < 1.29 is 0 Å². The van der Waals surface area contributed by atoms with Gasteiger partial charge in [-0.15, -0.1) is 24.0 Å². The highest BCUT2D eigenvalue weighted by molar-refractivity contribution is 14.0.